The Morgan fingerprint density at radius 1 is 1.09 bits per heavy atom. The van der Waals surface area contributed by atoms with Gasteiger partial charge < -0.3 is 29.5 Å². The molecule has 0 unspecified atom stereocenters. The SMILES string of the molecule is COc1ccc(CC(=O)O)cc1Oc1ccc(NC(=O)c2ccncc2)cc1CN1CCOC1=O. The van der Waals surface area contributed by atoms with Crippen LogP contribution in [0.5, 0.6) is 17.2 Å². The summed E-state index contributed by atoms with van der Waals surface area (Å²) >= 11 is 0. The average Bonchev–Trinajstić information content (AvgIpc) is 3.25. The molecule has 2 aromatic carbocycles. The van der Waals surface area contributed by atoms with Crippen LogP contribution >= 0.6 is 0 Å². The van der Waals surface area contributed by atoms with E-state index in [1.165, 1.54) is 24.4 Å². The van der Waals surface area contributed by atoms with Crippen LogP contribution in [-0.2, 0) is 22.5 Å². The molecule has 1 aliphatic heterocycles. The number of benzene rings is 2. The Bertz CT molecular complexity index is 1250. The van der Waals surface area contributed by atoms with Crippen molar-refractivity contribution in [1.82, 2.24) is 9.88 Å². The molecule has 1 aliphatic rings. The molecule has 4 rings (SSSR count). The molecule has 3 aromatic rings. The van der Waals surface area contributed by atoms with Gasteiger partial charge in [0, 0.05) is 29.2 Å². The van der Waals surface area contributed by atoms with Crippen LogP contribution < -0.4 is 14.8 Å². The normalized spacial score (nSPS) is 12.7. The molecule has 0 saturated carbocycles. The topological polar surface area (TPSA) is 127 Å². The summed E-state index contributed by atoms with van der Waals surface area (Å²) in [7, 11) is 1.48. The molecule has 0 radical (unpaired) electrons. The lowest BCUT2D eigenvalue weighted by Crippen LogP contribution is -2.24. The third kappa shape index (κ3) is 5.85. The van der Waals surface area contributed by atoms with E-state index in [0.29, 0.717) is 52.8 Å². The van der Waals surface area contributed by atoms with Gasteiger partial charge in [-0.25, -0.2) is 4.79 Å². The smallest absolute Gasteiger partial charge is 0.410 e. The zero-order valence-corrected chi connectivity index (χ0v) is 18.9. The second-order valence-electron chi connectivity index (χ2n) is 7.71. The number of rotatable bonds is 9. The number of hydrogen-bond acceptors (Lipinski definition) is 7. The lowest BCUT2D eigenvalue weighted by molar-refractivity contribution is -0.136. The number of aliphatic carboxylic acids is 1. The third-order valence-electron chi connectivity index (χ3n) is 5.27. The van der Waals surface area contributed by atoms with Crippen LogP contribution in [0.1, 0.15) is 21.5 Å². The predicted octanol–water partition coefficient (Wildman–Crippen LogP) is 3.71. The van der Waals surface area contributed by atoms with Crippen molar-refractivity contribution in [1.29, 1.82) is 0 Å². The van der Waals surface area contributed by atoms with Gasteiger partial charge in [-0.1, -0.05) is 6.07 Å². The molecule has 180 valence electrons. The van der Waals surface area contributed by atoms with E-state index in [-0.39, 0.29) is 18.9 Å². The van der Waals surface area contributed by atoms with Crippen LogP contribution in [0.4, 0.5) is 10.5 Å². The molecule has 0 spiro atoms. The molecule has 10 nitrogen and oxygen atoms in total. The molecular weight excluding hydrogens is 454 g/mol. The zero-order valence-electron chi connectivity index (χ0n) is 18.9. The van der Waals surface area contributed by atoms with Crippen molar-refractivity contribution in [3.05, 3.63) is 77.6 Å². The van der Waals surface area contributed by atoms with E-state index in [4.69, 9.17) is 19.3 Å². The van der Waals surface area contributed by atoms with E-state index in [0.717, 1.165) is 0 Å². The van der Waals surface area contributed by atoms with Gasteiger partial charge in [0.2, 0.25) is 0 Å². The molecule has 35 heavy (non-hydrogen) atoms. The number of carboxylic acids is 1. The van der Waals surface area contributed by atoms with E-state index >= 15 is 0 Å². The van der Waals surface area contributed by atoms with Gasteiger partial charge in [0.1, 0.15) is 12.4 Å². The minimum atomic E-state index is -0.969. The number of nitrogens with zero attached hydrogens (tertiary/aromatic N) is 2. The zero-order chi connectivity index (χ0) is 24.8. The van der Waals surface area contributed by atoms with E-state index in [1.807, 2.05) is 0 Å². The highest BCUT2D eigenvalue weighted by Gasteiger charge is 2.24. The fraction of sp³-hybridized carbons (Fsp3) is 0.200. The number of nitrogens with one attached hydrogen (secondary N) is 1. The van der Waals surface area contributed by atoms with E-state index < -0.39 is 12.1 Å². The lowest BCUT2D eigenvalue weighted by atomic mass is 10.1. The molecule has 1 aromatic heterocycles. The molecule has 2 N–H and O–H groups in total. The second kappa shape index (κ2) is 10.6. The molecule has 0 aliphatic carbocycles. The Balaban J connectivity index is 1.64. The lowest BCUT2D eigenvalue weighted by Gasteiger charge is -2.19. The molecule has 0 atom stereocenters. The van der Waals surface area contributed by atoms with Crippen LogP contribution in [0.2, 0.25) is 0 Å². The molecular formula is C25H23N3O7. The molecule has 2 heterocycles. The van der Waals surface area contributed by atoms with Crippen molar-refractivity contribution in [2.45, 2.75) is 13.0 Å². The molecule has 10 heteroatoms. The Morgan fingerprint density at radius 3 is 2.54 bits per heavy atom. The van der Waals surface area contributed by atoms with Crippen LogP contribution in [0.25, 0.3) is 0 Å². The number of anilines is 1. The summed E-state index contributed by atoms with van der Waals surface area (Å²) in [6, 6.07) is 13.1. The largest absolute Gasteiger partial charge is 0.493 e. The van der Waals surface area contributed by atoms with Crippen LogP contribution in [-0.4, -0.2) is 53.2 Å². The minimum Gasteiger partial charge on any atom is -0.493 e. The van der Waals surface area contributed by atoms with Crippen molar-refractivity contribution >= 4 is 23.7 Å². The highest BCUT2D eigenvalue weighted by molar-refractivity contribution is 6.04. The first-order chi connectivity index (χ1) is 16.9. The number of hydrogen-bond donors (Lipinski definition) is 2. The molecule has 2 amide bonds. The van der Waals surface area contributed by atoms with Gasteiger partial charge in [0.15, 0.2) is 11.5 Å². The molecule has 1 saturated heterocycles. The van der Waals surface area contributed by atoms with E-state index in [1.54, 1.807) is 48.5 Å². The summed E-state index contributed by atoms with van der Waals surface area (Å²) in [5.74, 6) is -0.123. The predicted molar refractivity (Wildman–Crippen MR) is 125 cm³/mol. The Hall–Kier alpha value is -4.60. The highest BCUT2D eigenvalue weighted by Crippen LogP contribution is 2.36. The average molecular weight is 477 g/mol. The summed E-state index contributed by atoms with van der Waals surface area (Å²) in [6.45, 7) is 0.895. The van der Waals surface area contributed by atoms with Gasteiger partial charge >= 0.3 is 12.1 Å². The molecule has 1 fully saturated rings. The first-order valence-corrected chi connectivity index (χ1v) is 10.8. The standard InChI is InChI=1S/C25H23N3O7/c1-33-21-4-2-16(13-23(29)30)12-22(21)35-20-5-3-19(27-24(31)17-6-8-26-9-7-17)14-18(20)15-28-10-11-34-25(28)32/h2-9,12,14H,10-11,13,15H2,1H3,(H,27,31)(H,29,30). The van der Waals surface area contributed by atoms with E-state index in [2.05, 4.69) is 10.3 Å². The maximum absolute atomic E-state index is 12.6. The minimum absolute atomic E-state index is 0.174. The van der Waals surface area contributed by atoms with Gasteiger partial charge in [-0.2, -0.15) is 0 Å². The monoisotopic (exact) mass is 477 g/mol. The maximum atomic E-state index is 12.6. The number of aromatic nitrogens is 1. The summed E-state index contributed by atoms with van der Waals surface area (Å²) in [6.07, 6.45) is 2.44. The van der Waals surface area contributed by atoms with Gasteiger partial charge in [0.25, 0.3) is 5.91 Å². The second-order valence-corrected chi connectivity index (χ2v) is 7.71. The van der Waals surface area contributed by atoms with Gasteiger partial charge in [-0.05, 0) is 48.0 Å². The summed E-state index contributed by atoms with van der Waals surface area (Å²) in [5.41, 5.74) is 2.11. The Morgan fingerprint density at radius 2 is 1.86 bits per heavy atom. The van der Waals surface area contributed by atoms with Gasteiger partial charge in [-0.3, -0.25) is 14.6 Å². The van der Waals surface area contributed by atoms with Crippen LogP contribution in [0.15, 0.2) is 60.9 Å². The number of cyclic esters (lactones) is 1. The fourth-order valence-corrected chi connectivity index (χ4v) is 3.57. The molecule has 0 bridgehead atoms. The van der Waals surface area contributed by atoms with Crippen molar-refractivity contribution in [3.8, 4) is 17.2 Å². The number of amides is 2. The van der Waals surface area contributed by atoms with Crippen molar-refractivity contribution in [2.24, 2.45) is 0 Å². The highest BCUT2D eigenvalue weighted by atomic mass is 16.6. The van der Waals surface area contributed by atoms with Crippen molar-refractivity contribution in [2.75, 3.05) is 25.6 Å². The van der Waals surface area contributed by atoms with E-state index in [9.17, 15) is 14.4 Å². The van der Waals surface area contributed by atoms with Crippen molar-refractivity contribution in [3.63, 3.8) is 0 Å². The van der Waals surface area contributed by atoms with Gasteiger partial charge in [-0.15, -0.1) is 0 Å². The number of methoxy groups -OCH3 is 1. The summed E-state index contributed by atoms with van der Waals surface area (Å²) in [4.78, 5) is 41.2. The third-order valence-corrected chi connectivity index (χ3v) is 5.27. The van der Waals surface area contributed by atoms with Crippen molar-refractivity contribution < 1.29 is 33.7 Å². The number of carbonyl (C=O) groups excluding carboxylic acids is 2. The fourth-order valence-electron chi connectivity index (χ4n) is 3.57. The Kier molecular flexibility index (Phi) is 7.10. The first-order valence-electron chi connectivity index (χ1n) is 10.8. The maximum Gasteiger partial charge on any atom is 0.410 e. The van der Waals surface area contributed by atoms with Crippen LogP contribution in [0, 0.1) is 0 Å². The first kappa shape index (κ1) is 23.6. The number of carboxylic acid groups (broad SMARTS) is 1. The number of pyridine rings is 1. The van der Waals surface area contributed by atoms with Gasteiger partial charge in [0.05, 0.1) is 26.6 Å². The number of carbonyl (C=O) groups is 3. The summed E-state index contributed by atoms with van der Waals surface area (Å²) < 4.78 is 16.5. The van der Waals surface area contributed by atoms with Crippen LogP contribution in [0.3, 0.4) is 0 Å². The quantitative estimate of drug-likeness (QED) is 0.477. The number of ether oxygens (including phenoxy) is 3. The summed E-state index contributed by atoms with van der Waals surface area (Å²) in [5, 5.41) is 12.0. The Labute approximate surface area is 201 Å².